The SMILES string of the molecule is CSc1cccc(N2CC(C(=O)OC(C)C(=O)N3CCOCC3)CC2=O)c1. The van der Waals surface area contributed by atoms with Crippen LogP contribution >= 0.6 is 11.8 Å². The van der Waals surface area contributed by atoms with Gasteiger partial charge in [-0.05, 0) is 31.4 Å². The average Bonchev–Trinajstić information content (AvgIpc) is 3.10. The Kier molecular flexibility index (Phi) is 6.38. The predicted octanol–water partition coefficient (Wildman–Crippen LogP) is 1.55. The van der Waals surface area contributed by atoms with Crippen molar-refractivity contribution >= 4 is 35.2 Å². The van der Waals surface area contributed by atoms with E-state index >= 15 is 0 Å². The summed E-state index contributed by atoms with van der Waals surface area (Å²) in [7, 11) is 0. The fraction of sp³-hybridized carbons (Fsp3) is 0.526. The maximum atomic E-state index is 12.5. The highest BCUT2D eigenvalue weighted by atomic mass is 32.2. The second kappa shape index (κ2) is 8.75. The van der Waals surface area contributed by atoms with Crippen LogP contribution in [0.2, 0.25) is 0 Å². The van der Waals surface area contributed by atoms with Crippen molar-refractivity contribution in [1.82, 2.24) is 4.90 Å². The molecule has 2 saturated heterocycles. The molecule has 2 amide bonds. The normalized spacial score (nSPS) is 21.3. The second-order valence-corrected chi connectivity index (χ2v) is 7.50. The maximum Gasteiger partial charge on any atom is 0.312 e. The third-order valence-electron chi connectivity index (χ3n) is 4.79. The third kappa shape index (κ3) is 4.62. The number of carbonyl (C=O) groups is 3. The lowest BCUT2D eigenvalue weighted by atomic mass is 10.1. The van der Waals surface area contributed by atoms with Gasteiger partial charge in [0, 0.05) is 36.6 Å². The lowest BCUT2D eigenvalue weighted by Gasteiger charge is -2.29. The molecule has 7 nitrogen and oxygen atoms in total. The van der Waals surface area contributed by atoms with Crippen molar-refractivity contribution in [2.45, 2.75) is 24.3 Å². The molecular formula is C19H24N2O5S. The summed E-state index contributed by atoms with van der Waals surface area (Å²) in [6.45, 7) is 3.84. The highest BCUT2D eigenvalue weighted by Crippen LogP contribution is 2.29. The molecule has 0 aromatic heterocycles. The number of ether oxygens (including phenoxy) is 2. The summed E-state index contributed by atoms with van der Waals surface area (Å²) < 4.78 is 10.6. The molecule has 2 atom stereocenters. The van der Waals surface area contributed by atoms with Crippen LogP contribution in [0.4, 0.5) is 5.69 Å². The van der Waals surface area contributed by atoms with Gasteiger partial charge in [-0.25, -0.2) is 0 Å². The van der Waals surface area contributed by atoms with Crippen LogP contribution in [-0.4, -0.2) is 67.9 Å². The summed E-state index contributed by atoms with van der Waals surface area (Å²) in [4.78, 5) is 41.6. The first kappa shape index (κ1) is 19.7. The van der Waals surface area contributed by atoms with Crippen molar-refractivity contribution in [2.75, 3.05) is 44.0 Å². The van der Waals surface area contributed by atoms with Crippen LogP contribution in [0.3, 0.4) is 0 Å². The van der Waals surface area contributed by atoms with E-state index in [0.717, 1.165) is 10.6 Å². The van der Waals surface area contributed by atoms with Gasteiger partial charge in [0.05, 0.1) is 19.1 Å². The van der Waals surface area contributed by atoms with E-state index in [1.54, 1.807) is 28.5 Å². The van der Waals surface area contributed by atoms with Crippen molar-refractivity contribution in [3.63, 3.8) is 0 Å². The molecule has 0 saturated carbocycles. The van der Waals surface area contributed by atoms with Gasteiger partial charge in [-0.15, -0.1) is 11.8 Å². The molecule has 8 heteroatoms. The van der Waals surface area contributed by atoms with Crippen molar-refractivity contribution < 1.29 is 23.9 Å². The average molecular weight is 392 g/mol. The zero-order valence-corrected chi connectivity index (χ0v) is 16.4. The Balaban J connectivity index is 1.59. The van der Waals surface area contributed by atoms with E-state index < -0.39 is 18.0 Å². The minimum Gasteiger partial charge on any atom is -0.452 e. The predicted molar refractivity (Wildman–Crippen MR) is 102 cm³/mol. The first-order valence-electron chi connectivity index (χ1n) is 9.01. The number of anilines is 1. The molecule has 0 radical (unpaired) electrons. The Morgan fingerprint density at radius 3 is 2.74 bits per heavy atom. The quantitative estimate of drug-likeness (QED) is 0.559. The Morgan fingerprint density at radius 2 is 2.04 bits per heavy atom. The zero-order valence-electron chi connectivity index (χ0n) is 15.6. The highest BCUT2D eigenvalue weighted by Gasteiger charge is 2.38. The van der Waals surface area contributed by atoms with Crippen LogP contribution in [0, 0.1) is 5.92 Å². The summed E-state index contributed by atoms with van der Waals surface area (Å²) in [5.74, 6) is -1.39. The van der Waals surface area contributed by atoms with E-state index in [0.29, 0.717) is 26.3 Å². The summed E-state index contributed by atoms with van der Waals surface area (Å²) in [6, 6.07) is 7.65. The number of benzene rings is 1. The minimum absolute atomic E-state index is 0.0980. The molecule has 1 aromatic rings. The molecule has 2 aliphatic rings. The number of rotatable bonds is 5. The summed E-state index contributed by atoms with van der Waals surface area (Å²) in [5.41, 5.74) is 0.777. The number of esters is 1. The smallest absolute Gasteiger partial charge is 0.312 e. The van der Waals surface area contributed by atoms with Crippen LogP contribution in [0.5, 0.6) is 0 Å². The van der Waals surface area contributed by atoms with Crippen LogP contribution in [0.25, 0.3) is 0 Å². The van der Waals surface area contributed by atoms with Crippen molar-refractivity contribution in [3.8, 4) is 0 Å². The lowest BCUT2D eigenvalue weighted by Crippen LogP contribution is -2.46. The van der Waals surface area contributed by atoms with Gasteiger partial charge in [0.25, 0.3) is 5.91 Å². The standard InChI is InChI=1S/C19H24N2O5S/c1-13(18(23)20-6-8-25-9-7-20)26-19(24)14-10-17(22)21(12-14)15-4-3-5-16(11-15)27-2/h3-5,11,13-14H,6-10,12H2,1-2H3. The maximum absolute atomic E-state index is 12.5. The monoisotopic (exact) mass is 392 g/mol. The minimum atomic E-state index is -0.862. The number of nitrogens with zero attached hydrogens (tertiary/aromatic N) is 2. The van der Waals surface area contributed by atoms with Gasteiger partial charge < -0.3 is 19.3 Å². The summed E-state index contributed by atoms with van der Waals surface area (Å²) in [5, 5.41) is 0. The van der Waals surface area contributed by atoms with Crippen LogP contribution < -0.4 is 4.90 Å². The molecule has 0 N–H and O–H groups in total. The van der Waals surface area contributed by atoms with Crippen LogP contribution in [-0.2, 0) is 23.9 Å². The number of thioether (sulfide) groups is 1. The lowest BCUT2D eigenvalue weighted by molar-refractivity contribution is -0.163. The van der Waals surface area contributed by atoms with Gasteiger partial charge in [0.15, 0.2) is 6.10 Å². The van der Waals surface area contributed by atoms with Gasteiger partial charge in [-0.2, -0.15) is 0 Å². The summed E-state index contributed by atoms with van der Waals surface area (Å²) >= 11 is 1.59. The molecule has 0 bridgehead atoms. The van der Waals surface area contributed by atoms with E-state index in [-0.39, 0.29) is 24.8 Å². The Labute approximate surface area is 163 Å². The van der Waals surface area contributed by atoms with Crippen molar-refractivity contribution in [1.29, 1.82) is 0 Å². The molecule has 2 fully saturated rings. The molecule has 146 valence electrons. The molecule has 2 unspecified atom stereocenters. The molecule has 2 heterocycles. The van der Waals surface area contributed by atoms with Gasteiger partial charge in [-0.1, -0.05) is 6.07 Å². The number of amides is 2. The molecule has 3 rings (SSSR count). The van der Waals surface area contributed by atoms with E-state index in [9.17, 15) is 14.4 Å². The topological polar surface area (TPSA) is 76.2 Å². The number of carbonyl (C=O) groups excluding carboxylic acids is 3. The Bertz CT molecular complexity index is 720. The first-order chi connectivity index (χ1) is 13.0. The Morgan fingerprint density at radius 1 is 1.30 bits per heavy atom. The van der Waals surface area contributed by atoms with Crippen LogP contribution in [0.15, 0.2) is 29.2 Å². The van der Waals surface area contributed by atoms with E-state index in [1.807, 2.05) is 30.5 Å². The molecule has 27 heavy (non-hydrogen) atoms. The summed E-state index contributed by atoms with van der Waals surface area (Å²) in [6.07, 6.45) is 1.21. The number of hydrogen-bond donors (Lipinski definition) is 0. The largest absolute Gasteiger partial charge is 0.452 e. The van der Waals surface area contributed by atoms with Gasteiger partial charge in [0.1, 0.15) is 0 Å². The molecule has 0 aliphatic carbocycles. The molecular weight excluding hydrogens is 368 g/mol. The van der Waals surface area contributed by atoms with E-state index in [4.69, 9.17) is 9.47 Å². The first-order valence-corrected chi connectivity index (χ1v) is 10.2. The Hall–Kier alpha value is -2.06. The third-order valence-corrected chi connectivity index (χ3v) is 5.51. The molecule has 2 aliphatic heterocycles. The number of morpholine rings is 1. The molecule has 1 aromatic carbocycles. The molecule has 0 spiro atoms. The number of hydrogen-bond acceptors (Lipinski definition) is 6. The van der Waals surface area contributed by atoms with Crippen molar-refractivity contribution in [2.24, 2.45) is 5.92 Å². The van der Waals surface area contributed by atoms with Crippen LogP contribution in [0.1, 0.15) is 13.3 Å². The van der Waals surface area contributed by atoms with Crippen molar-refractivity contribution in [3.05, 3.63) is 24.3 Å². The second-order valence-electron chi connectivity index (χ2n) is 6.62. The van der Waals surface area contributed by atoms with Gasteiger partial charge >= 0.3 is 5.97 Å². The van der Waals surface area contributed by atoms with E-state index in [2.05, 4.69) is 0 Å². The van der Waals surface area contributed by atoms with E-state index in [1.165, 1.54) is 0 Å². The highest BCUT2D eigenvalue weighted by molar-refractivity contribution is 7.98. The fourth-order valence-corrected chi connectivity index (χ4v) is 3.71. The zero-order chi connectivity index (χ0) is 19.4. The van der Waals surface area contributed by atoms with Gasteiger partial charge in [0.2, 0.25) is 5.91 Å². The fourth-order valence-electron chi connectivity index (χ4n) is 3.26. The van der Waals surface area contributed by atoms with Gasteiger partial charge in [-0.3, -0.25) is 14.4 Å².